The lowest BCUT2D eigenvalue weighted by Crippen LogP contribution is -2.49. The first-order chi connectivity index (χ1) is 15.4. The standard InChI is InChI=1S/C21H19F3N6OS/c22-21(23,24)32-18-9-6-16(7-10-18)8-11-19(31)28-12-14-29(15-13-28)20-25-26-27-30(20)17-4-2-1-3-5-17/h1-11H,12-15H2/b11-8+. The summed E-state index contributed by atoms with van der Waals surface area (Å²) in [5.74, 6) is 0.469. The van der Waals surface area contributed by atoms with Crippen molar-refractivity contribution in [1.82, 2.24) is 25.1 Å². The number of alkyl halides is 3. The number of amides is 1. The van der Waals surface area contributed by atoms with Crippen LogP contribution in [0.1, 0.15) is 5.56 Å². The van der Waals surface area contributed by atoms with E-state index < -0.39 is 5.51 Å². The zero-order chi connectivity index (χ0) is 22.6. The molecular weight excluding hydrogens is 441 g/mol. The predicted octanol–water partition coefficient (Wildman–Crippen LogP) is 3.64. The zero-order valence-electron chi connectivity index (χ0n) is 16.8. The highest BCUT2D eigenvalue weighted by molar-refractivity contribution is 8.00. The lowest BCUT2D eigenvalue weighted by atomic mass is 10.2. The zero-order valence-corrected chi connectivity index (χ0v) is 17.6. The number of hydrogen-bond donors (Lipinski definition) is 0. The molecule has 166 valence electrons. The molecule has 0 bridgehead atoms. The van der Waals surface area contributed by atoms with E-state index in [1.54, 1.807) is 27.8 Å². The lowest BCUT2D eigenvalue weighted by Gasteiger charge is -2.34. The number of thioether (sulfide) groups is 1. The third kappa shape index (κ3) is 5.47. The van der Waals surface area contributed by atoms with Gasteiger partial charge in [-0.15, -0.1) is 0 Å². The Hall–Kier alpha value is -3.34. The van der Waals surface area contributed by atoms with Gasteiger partial charge in [0.2, 0.25) is 11.9 Å². The Labute approximate surface area is 186 Å². The number of para-hydroxylation sites is 1. The number of carbonyl (C=O) groups is 1. The molecule has 0 radical (unpaired) electrons. The van der Waals surface area contributed by atoms with Crippen molar-refractivity contribution in [2.45, 2.75) is 10.4 Å². The minimum Gasteiger partial charge on any atom is -0.336 e. The number of anilines is 1. The van der Waals surface area contributed by atoms with Crippen molar-refractivity contribution in [3.8, 4) is 5.69 Å². The van der Waals surface area contributed by atoms with Gasteiger partial charge in [0.05, 0.1) is 5.69 Å². The number of tetrazole rings is 1. The van der Waals surface area contributed by atoms with E-state index in [0.717, 1.165) is 5.69 Å². The summed E-state index contributed by atoms with van der Waals surface area (Å²) in [5.41, 5.74) is -2.81. The normalized spacial score (nSPS) is 14.8. The molecule has 1 fully saturated rings. The number of nitrogens with zero attached hydrogens (tertiary/aromatic N) is 6. The number of benzene rings is 2. The monoisotopic (exact) mass is 460 g/mol. The lowest BCUT2D eigenvalue weighted by molar-refractivity contribution is -0.126. The maximum Gasteiger partial charge on any atom is 0.446 e. The first-order valence-electron chi connectivity index (χ1n) is 9.80. The smallest absolute Gasteiger partial charge is 0.336 e. The van der Waals surface area contributed by atoms with Crippen LogP contribution in [0.4, 0.5) is 19.1 Å². The van der Waals surface area contributed by atoms with Crippen LogP contribution in [-0.4, -0.2) is 62.7 Å². The van der Waals surface area contributed by atoms with E-state index in [1.165, 1.54) is 18.2 Å². The molecule has 2 aromatic carbocycles. The average molecular weight is 460 g/mol. The van der Waals surface area contributed by atoms with Crippen LogP contribution >= 0.6 is 11.8 Å². The average Bonchev–Trinajstić information content (AvgIpc) is 3.28. The molecule has 3 aromatic rings. The van der Waals surface area contributed by atoms with Crippen molar-refractivity contribution in [2.75, 3.05) is 31.1 Å². The van der Waals surface area contributed by atoms with E-state index >= 15 is 0 Å². The Kier molecular flexibility index (Phi) is 6.45. The van der Waals surface area contributed by atoms with Crippen LogP contribution in [0.25, 0.3) is 11.8 Å². The first-order valence-corrected chi connectivity index (χ1v) is 10.6. The topological polar surface area (TPSA) is 67.2 Å². The molecule has 11 heteroatoms. The summed E-state index contributed by atoms with van der Waals surface area (Å²) in [6, 6.07) is 15.5. The molecule has 32 heavy (non-hydrogen) atoms. The molecule has 1 aliphatic rings. The van der Waals surface area contributed by atoms with Gasteiger partial charge in [0.25, 0.3) is 0 Å². The molecule has 0 unspecified atom stereocenters. The Morgan fingerprint density at radius 2 is 1.66 bits per heavy atom. The summed E-state index contributed by atoms with van der Waals surface area (Å²) < 4.78 is 38.9. The Morgan fingerprint density at radius 3 is 2.31 bits per heavy atom. The van der Waals surface area contributed by atoms with Gasteiger partial charge >= 0.3 is 5.51 Å². The summed E-state index contributed by atoms with van der Waals surface area (Å²) in [7, 11) is 0. The molecule has 1 amide bonds. The number of piperazine rings is 1. The van der Waals surface area contributed by atoms with Crippen LogP contribution in [0, 0.1) is 0 Å². The van der Waals surface area contributed by atoms with E-state index in [2.05, 4.69) is 15.5 Å². The van der Waals surface area contributed by atoms with E-state index in [-0.39, 0.29) is 22.6 Å². The van der Waals surface area contributed by atoms with Crippen LogP contribution in [0.2, 0.25) is 0 Å². The van der Waals surface area contributed by atoms with Gasteiger partial charge in [0, 0.05) is 37.2 Å². The maximum atomic E-state index is 12.5. The number of carbonyl (C=O) groups excluding carboxylic acids is 1. The highest BCUT2D eigenvalue weighted by atomic mass is 32.2. The van der Waals surface area contributed by atoms with Crippen LogP contribution in [0.15, 0.2) is 65.6 Å². The molecule has 0 aliphatic carbocycles. The Bertz CT molecular complexity index is 1080. The van der Waals surface area contributed by atoms with Gasteiger partial charge in [-0.1, -0.05) is 35.4 Å². The largest absolute Gasteiger partial charge is 0.446 e. The van der Waals surface area contributed by atoms with E-state index in [0.29, 0.717) is 37.7 Å². The van der Waals surface area contributed by atoms with E-state index in [9.17, 15) is 18.0 Å². The molecule has 0 spiro atoms. The van der Waals surface area contributed by atoms with E-state index in [4.69, 9.17) is 0 Å². The summed E-state index contributed by atoms with van der Waals surface area (Å²) in [5, 5.41) is 12.0. The molecular formula is C21H19F3N6OS. The number of aromatic nitrogens is 4. The highest BCUT2D eigenvalue weighted by Gasteiger charge is 2.29. The number of rotatable bonds is 5. The van der Waals surface area contributed by atoms with Crippen LogP contribution < -0.4 is 4.90 Å². The van der Waals surface area contributed by atoms with Crippen LogP contribution in [-0.2, 0) is 4.79 Å². The van der Waals surface area contributed by atoms with Crippen molar-refractivity contribution in [2.24, 2.45) is 0 Å². The van der Waals surface area contributed by atoms with Crippen LogP contribution in [0.3, 0.4) is 0 Å². The fourth-order valence-electron chi connectivity index (χ4n) is 3.30. The van der Waals surface area contributed by atoms with Crippen molar-refractivity contribution < 1.29 is 18.0 Å². The quantitative estimate of drug-likeness (QED) is 0.428. The van der Waals surface area contributed by atoms with Crippen molar-refractivity contribution in [1.29, 1.82) is 0 Å². The van der Waals surface area contributed by atoms with Crippen LogP contribution in [0.5, 0.6) is 0 Å². The second-order valence-corrected chi connectivity index (χ2v) is 8.13. The third-order valence-electron chi connectivity index (χ3n) is 4.86. The highest BCUT2D eigenvalue weighted by Crippen LogP contribution is 2.36. The van der Waals surface area contributed by atoms with Crippen molar-refractivity contribution in [3.05, 3.63) is 66.2 Å². The van der Waals surface area contributed by atoms with Gasteiger partial charge in [0.15, 0.2) is 0 Å². The molecule has 0 atom stereocenters. The molecule has 4 rings (SSSR count). The van der Waals surface area contributed by atoms with Crippen molar-refractivity contribution in [3.63, 3.8) is 0 Å². The van der Waals surface area contributed by atoms with Gasteiger partial charge in [-0.2, -0.15) is 17.9 Å². The summed E-state index contributed by atoms with van der Waals surface area (Å²) >= 11 is -0.165. The first kappa shape index (κ1) is 21.9. The van der Waals surface area contributed by atoms with Gasteiger partial charge < -0.3 is 9.80 Å². The molecule has 0 saturated carbocycles. The predicted molar refractivity (Wildman–Crippen MR) is 115 cm³/mol. The Balaban J connectivity index is 1.33. The minimum absolute atomic E-state index is 0.106. The molecule has 7 nitrogen and oxygen atoms in total. The molecule has 2 heterocycles. The summed E-state index contributed by atoms with van der Waals surface area (Å²) in [4.78, 5) is 16.4. The van der Waals surface area contributed by atoms with Gasteiger partial charge in [-0.05, 0) is 58.1 Å². The fraction of sp³-hybridized carbons (Fsp3) is 0.238. The summed E-state index contributed by atoms with van der Waals surface area (Å²) in [6.45, 7) is 2.17. The van der Waals surface area contributed by atoms with E-state index in [1.807, 2.05) is 35.2 Å². The minimum atomic E-state index is -4.32. The maximum absolute atomic E-state index is 12.5. The number of halogens is 3. The molecule has 1 saturated heterocycles. The molecule has 0 N–H and O–H groups in total. The SMILES string of the molecule is O=C(/C=C/c1ccc(SC(F)(F)F)cc1)N1CCN(c2nnnn2-c2ccccc2)CC1. The Morgan fingerprint density at radius 1 is 0.969 bits per heavy atom. The number of hydrogen-bond acceptors (Lipinski definition) is 6. The molecule has 1 aliphatic heterocycles. The van der Waals surface area contributed by atoms with Gasteiger partial charge in [-0.3, -0.25) is 4.79 Å². The van der Waals surface area contributed by atoms with Crippen molar-refractivity contribution >= 4 is 29.7 Å². The summed E-state index contributed by atoms with van der Waals surface area (Å²) in [6.07, 6.45) is 3.04. The second kappa shape index (κ2) is 9.43. The van der Waals surface area contributed by atoms with Gasteiger partial charge in [-0.25, -0.2) is 0 Å². The molecule has 1 aromatic heterocycles. The fourth-order valence-corrected chi connectivity index (χ4v) is 3.84. The van der Waals surface area contributed by atoms with Gasteiger partial charge in [0.1, 0.15) is 0 Å². The second-order valence-electron chi connectivity index (χ2n) is 6.99. The third-order valence-corrected chi connectivity index (χ3v) is 5.60.